The fourth-order valence-corrected chi connectivity index (χ4v) is 4.21. The summed E-state index contributed by atoms with van der Waals surface area (Å²) in [6, 6.07) is 14.4. The maximum Gasteiger partial charge on any atom is 0.261 e. The van der Waals surface area contributed by atoms with Crippen molar-refractivity contribution in [1.29, 1.82) is 0 Å². The summed E-state index contributed by atoms with van der Waals surface area (Å²) < 4.78 is 0. The van der Waals surface area contributed by atoms with Crippen LogP contribution in [0.3, 0.4) is 0 Å². The number of hydrogen-bond acceptors (Lipinski definition) is 2. The van der Waals surface area contributed by atoms with Crippen molar-refractivity contribution >= 4 is 22.7 Å². The second-order valence-electron chi connectivity index (χ2n) is 6.95. The summed E-state index contributed by atoms with van der Waals surface area (Å²) in [4.78, 5) is 30.5. The van der Waals surface area contributed by atoms with E-state index >= 15 is 0 Å². The van der Waals surface area contributed by atoms with Gasteiger partial charge in [0.25, 0.3) is 11.8 Å². The van der Waals surface area contributed by atoms with E-state index in [2.05, 4.69) is 17.1 Å². The van der Waals surface area contributed by atoms with Crippen LogP contribution in [0.4, 0.5) is 0 Å². The minimum absolute atomic E-state index is 0. The fraction of sp³-hybridized carbons (Fsp3) is 0.238. The van der Waals surface area contributed by atoms with Gasteiger partial charge in [-0.05, 0) is 37.0 Å². The molecule has 5 rings (SSSR count). The van der Waals surface area contributed by atoms with Gasteiger partial charge in [-0.15, -0.1) is 5.39 Å². The largest absolute Gasteiger partial charge is 0.411 e. The van der Waals surface area contributed by atoms with Crippen LogP contribution in [0.25, 0.3) is 10.9 Å². The molecule has 2 heterocycles. The zero-order valence-corrected chi connectivity index (χ0v) is 17.3. The van der Waals surface area contributed by atoms with Gasteiger partial charge in [-0.1, -0.05) is 24.6 Å². The van der Waals surface area contributed by atoms with Gasteiger partial charge >= 0.3 is 0 Å². The van der Waals surface area contributed by atoms with Crippen LogP contribution in [0.1, 0.15) is 44.0 Å². The standard InChI is InChI=1S/C21H17N2O2.Y/c1-12-6-8-18-16(10-12)17-11-13(7-9-19(17)22-18)23-20(24)14-4-2-3-5-15(14)21(23)25;/h2-5,8,10,13,22H,7,9,11H2,1H3;/q-1;. The smallest absolute Gasteiger partial charge is 0.261 e. The summed E-state index contributed by atoms with van der Waals surface area (Å²) in [6.07, 6.45) is 2.36. The number of carbonyl (C=O) groups excluding carboxylic acids is 2. The van der Waals surface area contributed by atoms with Gasteiger partial charge in [-0.3, -0.25) is 14.5 Å². The number of aromatic nitrogens is 1. The van der Waals surface area contributed by atoms with E-state index in [1.54, 1.807) is 12.1 Å². The molecule has 2 aromatic carbocycles. The maximum atomic E-state index is 12.8. The van der Waals surface area contributed by atoms with Crippen LogP contribution < -0.4 is 0 Å². The molecule has 5 heteroatoms. The number of nitrogens with one attached hydrogen (secondary N) is 1. The first-order chi connectivity index (χ1) is 12.1. The van der Waals surface area contributed by atoms with Crippen molar-refractivity contribution in [3.8, 4) is 0 Å². The number of benzene rings is 2. The van der Waals surface area contributed by atoms with Gasteiger partial charge in [0, 0.05) is 44.4 Å². The van der Waals surface area contributed by atoms with Crippen LogP contribution in [0.5, 0.6) is 0 Å². The summed E-state index contributed by atoms with van der Waals surface area (Å²) in [5.41, 5.74) is 5.70. The van der Waals surface area contributed by atoms with Crippen molar-refractivity contribution in [2.24, 2.45) is 0 Å². The van der Waals surface area contributed by atoms with Crippen molar-refractivity contribution in [3.63, 3.8) is 0 Å². The molecule has 1 aliphatic heterocycles. The van der Waals surface area contributed by atoms with Crippen molar-refractivity contribution in [3.05, 3.63) is 70.4 Å². The number of imide groups is 1. The first-order valence-electron chi connectivity index (χ1n) is 8.62. The number of fused-ring (bicyclic) bond motifs is 4. The number of rotatable bonds is 1. The molecule has 1 N–H and O–H groups in total. The Morgan fingerprint density at radius 1 is 1.15 bits per heavy atom. The number of carbonyl (C=O) groups is 2. The van der Waals surface area contributed by atoms with E-state index in [1.165, 1.54) is 21.5 Å². The quantitative estimate of drug-likeness (QED) is 0.487. The molecule has 0 saturated carbocycles. The molecule has 1 radical (unpaired) electrons. The number of hydrogen-bond donors (Lipinski definition) is 1. The summed E-state index contributed by atoms with van der Waals surface area (Å²) in [5, 5.41) is 1.19. The summed E-state index contributed by atoms with van der Waals surface area (Å²) in [7, 11) is 0. The molecule has 4 nitrogen and oxygen atoms in total. The topological polar surface area (TPSA) is 53.2 Å². The van der Waals surface area contributed by atoms with Crippen LogP contribution in [-0.4, -0.2) is 27.7 Å². The van der Waals surface area contributed by atoms with Crippen LogP contribution >= 0.6 is 0 Å². The van der Waals surface area contributed by atoms with Crippen molar-refractivity contribution < 1.29 is 42.3 Å². The number of aromatic amines is 1. The Labute approximate surface area is 176 Å². The monoisotopic (exact) mass is 418 g/mol. The number of nitrogens with zero attached hydrogens (tertiary/aromatic N) is 1. The fourth-order valence-electron chi connectivity index (χ4n) is 4.21. The predicted molar refractivity (Wildman–Crippen MR) is 94.6 cm³/mol. The van der Waals surface area contributed by atoms with Gasteiger partial charge in [-0.2, -0.15) is 23.8 Å². The van der Waals surface area contributed by atoms with Crippen molar-refractivity contribution in [2.75, 3.05) is 0 Å². The molecule has 26 heavy (non-hydrogen) atoms. The van der Waals surface area contributed by atoms with Crippen LogP contribution in [0, 0.1) is 13.0 Å². The normalized spacial score (nSPS) is 18.7. The van der Waals surface area contributed by atoms with E-state index < -0.39 is 0 Å². The number of H-pyrrole nitrogens is 1. The zero-order chi connectivity index (χ0) is 17.1. The molecule has 3 aromatic rings. The predicted octanol–water partition coefficient (Wildman–Crippen LogP) is 3.43. The van der Waals surface area contributed by atoms with Gasteiger partial charge in [0.1, 0.15) is 0 Å². The molecule has 2 amide bonds. The average molecular weight is 418 g/mol. The van der Waals surface area contributed by atoms with Gasteiger partial charge in [0.15, 0.2) is 0 Å². The molecule has 1 aliphatic carbocycles. The van der Waals surface area contributed by atoms with E-state index in [4.69, 9.17) is 0 Å². The number of aryl methyl sites for hydroxylation is 2. The molecule has 0 spiro atoms. The summed E-state index contributed by atoms with van der Waals surface area (Å²) in [6.45, 7) is 2.03. The summed E-state index contributed by atoms with van der Waals surface area (Å²) >= 11 is 0. The molecule has 1 atom stereocenters. The Balaban J connectivity index is 0.00000168. The second kappa shape index (κ2) is 6.43. The minimum atomic E-state index is -0.154. The van der Waals surface area contributed by atoms with E-state index in [-0.39, 0.29) is 50.6 Å². The Kier molecular flexibility index (Phi) is 4.36. The van der Waals surface area contributed by atoms with Crippen LogP contribution in [0.2, 0.25) is 0 Å². The molecule has 0 fully saturated rings. The van der Waals surface area contributed by atoms with E-state index in [1.807, 2.05) is 25.1 Å². The number of amides is 2. The molecule has 0 saturated heterocycles. The molecule has 0 bridgehead atoms. The van der Waals surface area contributed by atoms with Crippen molar-refractivity contribution in [1.82, 2.24) is 9.88 Å². The Bertz CT molecular complexity index is 1020. The third-order valence-electron chi connectivity index (χ3n) is 5.43. The van der Waals surface area contributed by atoms with Gasteiger partial charge in [-0.25, -0.2) is 0 Å². The van der Waals surface area contributed by atoms with Gasteiger partial charge < -0.3 is 4.98 Å². The first kappa shape index (κ1) is 17.6. The van der Waals surface area contributed by atoms with E-state index in [9.17, 15) is 9.59 Å². The minimum Gasteiger partial charge on any atom is -0.411 e. The second-order valence-corrected chi connectivity index (χ2v) is 6.95. The van der Waals surface area contributed by atoms with E-state index in [0.717, 1.165) is 23.9 Å². The average Bonchev–Trinajstić information content (AvgIpc) is 3.10. The third-order valence-corrected chi connectivity index (χ3v) is 5.43. The Morgan fingerprint density at radius 3 is 2.54 bits per heavy atom. The molecular weight excluding hydrogens is 401 g/mol. The Morgan fingerprint density at radius 2 is 1.85 bits per heavy atom. The van der Waals surface area contributed by atoms with Crippen LogP contribution in [0.15, 0.2) is 36.4 Å². The third kappa shape index (κ3) is 2.50. The molecular formula is C21H17N2O2Y-. The Hall–Kier alpha value is -1.78. The van der Waals surface area contributed by atoms with Crippen molar-refractivity contribution in [2.45, 2.75) is 32.2 Å². The molecule has 1 aromatic heterocycles. The molecule has 127 valence electrons. The maximum absolute atomic E-state index is 12.8. The summed E-state index contributed by atoms with van der Waals surface area (Å²) in [5.74, 6) is -0.309. The SMILES string of the molecule is Cc1[c-]cc2[nH]c3c(c2c1)CC(N1C(=O)c2ccccc2C1=O)CC3.[Y]. The van der Waals surface area contributed by atoms with Gasteiger partial charge in [0.2, 0.25) is 0 Å². The van der Waals surface area contributed by atoms with Gasteiger partial charge in [0.05, 0.1) is 11.1 Å². The zero-order valence-electron chi connectivity index (χ0n) is 14.5. The van der Waals surface area contributed by atoms with Crippen LogP contribution in [-0.2, 0) is 45.6 Å². The molecule has 2 aliphatic rings. The van der Waals surface area contributed by atoms with E-state index in [0.29, 0.717) is 17.5 Å². The first-order valence-corrected chi connectivity index (χ1v) is 8.62. The molecule has 1 unspecified atom stereocenters.